The van der Waals surface area contributed by atoms with E-state index >= 15 is 0 Å². The van der Waals surface area contributed by atoms with Crippen molar-refractivity contribution in [2.75, 3.05) is 12.8 Å². The summed E-state index contributed by atoms with van der Waals surface area (Å²) in [5.74, 6) is -6.55. The molecule has 33 heavy (non-hydrogen) atoms. The average Bonchev–Trinajstić information content (AvgIpc) is 2.77. The fraction of sp³-hybridized carbons (Fsp3) is 0.350. The first-order chi connectivity index (χ1) is 15.3. The summed E-state index contributed by atoms with van der Waals surface area (Å²) in [7, 11) is -4.02. The fourth-order valence-corrected chi connectivity index (χ4v) is 4.78. The van der Waals surface area contributed by atoms with E-state index in [9.17, 15) is 32.6 Å². The van der Waals surface area contributed by atoms with Crippen LogP contribution in [0.4, 0.5) is 18.9 Å². The Hall–Kier alpha value is -2.62. The average molecular weight is 510 g/mol. The van der Waals surface area contributed by atoms with Crippen LogP contribution in [0.3, 0.4) is 0 Å². The predicted octanol–water partition coefficient (Wildman–Crippen LogP) is 5.66. The van der Waals surface area contributed by atoms with E-state index in [-0.39, 0.29) is 11.9 Å². The van der Waals surface area contributed by atoms with Gasteiger partial charge in [0.05, 0.1) is 11.0 Å². The number of nitro groups is 1. The number of hydrogen-bond donors (Lipinski definition) is 0. The van der Waals surface area contributed by atoms with Gasteiger partial charge in [-0.2, -0.15) is 4.39 Å². The van der Waals surface area contributed by atoms with Crippen molar-refractivity contribution in [2.24, 2.45) is 0 Å². The largest absolute Gasteiger partial charge is 0.461 e. The van der Waals surface area contributed by atoms with Crippen molar-refractivity contribution in [3.63, 3.8) is 0 Å². The Morgan fingerprint density at radius 2 is 1.85 bits per heavy atom. The third-order valence-corrected chi connectivity index (χ3v) is 7.16. The van der Waals surface area contributed by atoms with Crippen molar-refractivity contribution in [3.8, 4) is 11.5 Å². The lowest BCUT2D eigenvalue weighted by Gasteiger charge is -2.18. The van der Waals surface area contributed by atoms with Crippen molar-refractivity contribution in [1.29, 1.82) is 0 Å². The molecular formula is C20H20ClF3NO7P. The summed E-state index contributed by atoms with van der Waals surface area (Å²) in [6, 6.07) is 2.80. The molecule has 0 radical (unpaired) electrons. The molecule has 0 heterocycles. The van der Waals surface area contributed by atoms with Crippen LogP contribution in [0.1, 0.15) is 26.3 Å². The van der Waals surface area contributed by atoms with E-state index < -0.39 is 75.8 Å². The molecule has 0 aliphatic heterocycles. The Bertz CT molecular complexity index is 1110. The van der Waals surface area contributed by atoms with Crippen LogP contribution >= 0.6 is 19.0 Å². The Balaban J connectivity index is 2.52. The minimum absolute atomic E-state index is 0.255. The van der Waals surface area contributed by atoms with Gasteiger partial charge >= 0.3 is 5.97 Å². The molecule has 0 saturated carbocycles. The molecule has 13 heteroatoms. The van der Waals surface area contributed by atoms with Gasteiger partial charge < -0.3 is 14.0 Å². The molecule has 0 aliphatic carbocycles. The van der Waals surface area contributed by atoms with Crippen LogP contribution in [0, 0.1) is 34.5 Å². The van der Waals surface area contributed by atoms with Gasteiger partial charge in [-0.15, -0.1) is 0 Å². The highest BCUT2D eigenvalue weighted by Gasteiger charge is 2.34. The Morgan fingerprint density at radius 3 is 2.39 bits per heavy atom. The molecule has 0 aromatic heterocycles. The van der Waals surface area contributed by atoms with Crippen LogP contribution in [-0.2, 0) is 18.6 Å². The Labute approximate surface area is 192 Å². The molecule has 2 rings (SSSR count). The number of carbonyl (C=O) groups is 1. The summed E-state index contributed by atoms with van der Waals surface area (Å²) in [6.45, 7) is 4.81. The maximum atomic E-state index is 14.3. The minimum Gasteiger partial charge on any atom is -0.461 e. The van der Waals surface area contributed by atoms with Crippen LogP contribution in [-0.4, -0.2) is 29.8 Å². The summed E-state index contributed by atoms with van der Waals surface area (Å²) in [5, 5.41) is 10.2. The van der Waals surface area contributed by atoms with Crippen molar-refractivity contribution in [2.45, 2.75) is 33.8 Å². The van der Waals surface area contributed by atoms with Gasteiger partial charge in [-0.3, -0.25) is 14.7 Å². The summed E-state index contributed by atoms with van der Waals surface area (Å²) in [5.41, 5.74) is -1.29. The quantitative estimate of drug-likeness (QED) is 0.141. The van der Waals surface area contributed by atoms with Gasteiger partial charge in [0.25, 0.3) is 5.69 Å². The fourth-order valence-electron chi connectivity index (χ4n) is 2.71. The molecule has 1 atom stereocenters. The topological polar surface area (TPSA) is 105 Å². The number of nitro benzene ring substituents is 1. The van der Waals surface area contributed by atoms with Gasteiger partial charge in [0.2, 0.25) is 13.2 Å². The Kier molecular flexibility index (Phi) is 8.51. The number of halogens is 4. The van der Waals surface area contributed by atoms with Crippen molar-refractivity contribution in [1.82, 2.24) is 0 Å². The highest BCUT2D eigenvalue weighted by molar-refractivity contribution is 7.67. The van der Waals surface area contributed by atoms with Crippen LogP contribution in [0.2, 0.25) is 5.02 Å². The number of ether oxygens (including phenoxy) is 2. The van der Waals surface area contributed by atoms with Crippen molar-refractivity contribution >= 4 is 35.9 Å². The van der Waals surface area contributed by atoms with Crippen LogP contribution in [0.15, 0.2) is 18.2 Å². The van der Waals surface area contributed by atoms with E-state index in [1.165, 1.54) is 6.92 Å². The van der Waals surface area contributed by atoms with Gasteiger partial charge in [0.15, 0.2) is 24.0 Å². The monoisotopic (exact) mass is 509 g/mol. The summed E-state index contributed by atoms with van der Waals surface area (Å²) < 4.78 is 71.0. The highest BCUT2D eigenvalue weighted by atomic mass is 35.5. The second kappa shape index (κ2) is 10.5. The third-order valence-electron chi connectivity index (χ3n) is 4.35. The summed E-state index contributed by atoms with van der Waals surface area (Å²) >= 11 is 5.74. The van der Waals surface area contributed by atoms with E-state index in [0.29, 0.717) is 0 Å². The third kappa shape index (κ3) is 5.85. The lowest BCUT2D eigenvalue weighted by molar-refractivity contribution is -0.383. The normalized spacial score (nSPS) is 13.0. The van der Waals surface area contributed by atoms with Gasteiger partial charge in [0.1, 0.15) is 16.1 Å². The van der Waals surface area contributed by atoms with Gasteiger partial charge in [-0.05, 0) is 26.8 Å². The van der Waals surface area contributed by atoms with Crippen LogP contribution in [0.5, 0.6) is 11.5 Å². The predicted molar refractivity (Wildman–Crippen MR) is 114 cm³/mol. The zero-order chi connectivity index (χ0) is 25.1. The second-order valence-electron chi connectivity index (χ2n) is 7.02. The highest BCUT2D eigenvalue weighted by Crippen LogP contribution is 2.49. The minimum atomic E-state index is -4.02. The SMILES string of the molecule is CCP(=O)(OCC(=O)OC(C)C)c1cc(Oc2c(F)c(F)c(C)c(F)c2Cl)ccc1[N+](=O)[O-]. The smallest absolute Gasteiger partial charge is 0.332 e. The molecule has 0 spiro atoms. The van der Waals surface area contributed by atoms with Gasteiger partial charge in [-0.25, -0.2) is 13.6 Å². The Morgan fingerprint density at radius 1 is 1.21 bits per heavy atom. The molecule has 180 valence electrons. The molecule has 0 amide bonds. The van der Waals surface area contributed by atoms with E-state index in [4.69, 9.17) is 25.6 Å². The first kappa shape index (κ1) is 26.6. The maximum Gasteiger partial charge on any atom is 0.332 e. The molecule has 1 unspecified atom stereocenters. The van der Waals surface area contributed by atoms with E-state index in [1.54, 1.807) is 13.8 Å². The van der Waals surface area contributed by atoms with Crippen LogP contribution in [0.25, 0.3) is 0 Å². The standard InChI is InChI=1S/C20H20ClF3NO7P/c1-5-33(29,30-9-15(26)31-10(2)3)14-8-12(6-7-13(14)25(27)28)32-20-16(21)17(22)11(4)18(23)19(20)24/h6-8,10H,5,9H2,1-4H3. The zero-order valence-corrected chi connectivity index (χ0v) is 19.6. The molecule has 2 aromatic rings. The summed E-state index contributed by atoms with van der Waals surface area (Å²) in [6.07, 6.45) is -0.724. The molecule has 0 aliphatic rings. The molecule has 0 fully saturated rings. The molecule has 0 bridgehead atoms. The van der Waals surface area contributed by atoms with Gasteiger partial charge in [0, 0.05) is 23.9 Å². The zero-order valence-electron chi connectivity index (χ0n) is 18.0. The molecule has 8 nitrogen and oxygen atoms in total. The number of esters is 1. The first-order valence-corrected chi connectivity index (χ1v) is 11.7. The van der Waals surface area contributed by atoms with Gasteiger partial charge in [-0.1, -0.05) is 18.5 Å². The number of hydrogen-bond acceptors (Lipinski definition) is 7. The lowest BCUT2D eigenvalue weighted by Crippen LogP contribution is -2.20. The maximum absolute atomic E-state index is 14.3. The molecular weight excluding hydrogens is 490 g/mol. The van der Waals surface area contributed by atoms with E-state index in [2.05, 4.69) is 0 Å². The van der Waals surface area contributed by atoms with Crippen molar-refractivity contribution in [3.05, 3.63) is 56.4 Å². The van der Waals surface area contributed by atoms with E-state index in [0.717, 1.165) is 25.1 Å². The second-order valence-corrected chi connectivity index (χ2v) is 10.1. The van der Waals surface area contributed by atoms with Crippen LogP contribution < -0.4 is 10.0 Å². The van der Waals surface area contributed by atoms with Crippen molar-refractivity contribution < 1.29 is 41.5 Å². The number of rotatable bonds is 9. The number of benzene rings is 2. The number of carbonyl (C=O) groups excluding carboxylic acids is 1. The van der Waals surface area contributed by atoms with E-state index in [1.807, 2.05) is 0 Å². The first-order valence-electron chi connectivity index (χ1n) is 9.54. The molecule has 2 aromatic carbocycles. The number of nitrogens with zero attached hydrogens (tertiary/aromatic N) is 1. The molecule has 0 N–H and O–H groups in total. The summed E-state index contributed by atoms with van der Waals surface area (Å²) in [4.78, 5) is 22.4. The molecule has 0 saturated heterocycles. The lowest BCUT2D eigenvalue weighted by atomic mass is 10.2.